The summed E-state index contributed by atoms with van der Waals surface area (Å²) >= 11 is 0. The molecule has 3 nitrogen and oxygen atoms in total. The summed E-state index contributed by atoms with van der Waals surface area (Å²) in [4.78, 5) is 4.28. The van der Waals surface area contributed by atoms with E-state index in [0.717, 1.165) is 24.0 Å². The lowest BCUT2D eigenvalue weighted by molar-refractivity contribution is 0.203. The van der Waals surface area contributed by atoms with Gasteiger partial charge >= 0.3 is 0 Å². The summed E-state index contributed by atoms with van der Waals surface area (Å²) in [5.74, 6) is 1.44. The van der Waals surface area contributed by atoms with Gasteiger partial charge in [0, 0.05) is 18.3 Å². The predicted octanol–water partition coefficient (Wildman–Crippen LogP) is 3.06. The van der Waals surface area contributed by atoms with E-state index in [2.05, 4.69) is 4.98 Å². The standard InChI is InChI=1S/C14H22N2O/c1-11(15)13-7-8-14(16-9-13)17-10-12-5-3-2-4-6-12/h7-9,11-12H,2-6,10,15H2,1H3/t11-/m0/s1. The van der Waals surface area contributed by atoms with Gasteiger partial charge in [-0.05, 0) is 31.2 Å². The van der Waals surface area contributed by atoms with Crippen LogP contribution < -0.4 is 10.5 Å². The van der Waals surface area contributed by atoms with Crippen LogP contribution >= 0.6 is 0 Å². The molecule has 94 valence electrons. The minimum atomic E-state index is 0.0369. The van der Waals surface area contributed by atoms with Gasteiger partial charge in [0.2, 0.25) is 5.88 Å². The highest BCUT2D eigenvalue weighted by molar-refractivity contribution is 5.19. The third kappa shape index (κ3) is 3.70. The fraction of sp³-hybridized carbons (Fsp3) is 0.643. The zero-order valence-electron chi connectivity index (χ0n) is 10.6. The molecule has 1 atom stereocenters. The number of nitrogens with zero attached hydrogens (tertiary/aromatic N) is 1. The number of pyridine rings is 1. The average molecular weight is 234 g/mol. The van der Waals surface area contributed by atoms with Gasteiger partial charge in [-0.1, -0.05) is 25.3 Å². The number of hydrogen-bond donors (Lipinski definition) is 1. The number of rotatable bonds is 4. The summed E-state index contributed by atoms with van der Waals surface area (Å²) in [5.41, 5.74) is 6.82. The van der Waals surface area contributed by atoms with E-state index < -0.39 is 0 Å². The summed E-state index contributed by atoms with van der Waals surface area (Å²) < 4.78 is 5.73. The molecule has 1 aliphatic rings. The van der Waals surface area contributed by atoms with Gasteiger partial charge in [-0.15, -0.1) is 0 Å². The first-order valence-electron chi connectivity index (χ1n) is 6.60. The molecular weight excluding hydrogens is 212 g/mol. The number of nitrogens with two attached hydrogens (primary N) is 1. The van der Waals surface area contributed by atoms with E-state index in [9.17, 15) is 0 Å². The topological polar surface area (TPSA) is 48.1 Å². The fourth-order valence-corrected chi connectivity index (χ4v) is 2.30. The smallest absolute Gasteiger partial charge is 0.213 e. The van der Waals surface area contributed by atoms with Crippen LogP contribution in [0.1, 0.15) is 50.6 Å². The molecule has 1 aromatic rings. The number of hydrogen-bond acceptors (Lipinski definition) is 3. The summed E-state index contributed by atoms with van der Waals surface area (Å²) in [6.07, 6.45) is 8.50. The summed E-state index contributed by atoms with van der Waals surface area (Å²) in [5, 5.41) is 0. The van der Waals surface area contributed by atoms with Crippen LogP contribution in [-0.4, -0.2) is 11.6 Å². The molecule has 1 fully saturated rings. The summed E-state index contributed by atoms with van der Waals surface area (Å²) in [6.45, 7) is 2.77. The van der Waals surface area contributed by atoms with Gasteiger partial charge in [0.15, 0.2) is 0 Å². The Bertz CT molecular complexity index is 329. The molecule has 0 aliphatic heterocycles. The largest absolute Gasteiger partial charge is 0.477 e. The molecule has 0 amide bonds. The van der Waals surface area contributed by atoms with E-state index in [0.29, 0.717) is 0 Å². The van der Waals surface area contributed by atoms with Crippen molar-refractivity contribution in [3.63, 3.8) is 0 Å². The first-order valence-corrected chi connectivity index (χ1v) is 6.60. The van der Waals surface area contributed by atoms with Gasteiger partial charge in [-0.25, -0.2) is 4.98 Å². The molecule has 0 unspecified atom stereocenters. The van der Waals surface area contributed by atoms with Crippen LogP contribution in [0.15, 0.2) is 18.3 Å². The Morgan fingerprint density at radius 1 is 1.35 bits per heavy atom. The predicted molar refractivity (Wildman–Crippen MR) is 68.9 cm³/mol. The first kappa shape index (κ1) is 12.4. The van der Waals surface area contributed by atoms with Crippen molar-refractivity contribution in [2.24, 2.45) is 11.7 Å². The summed E-state index contributed by atoms with van der Waals surface area (Å²) in [6, 6.07) is 3.95. The third-order valence-electron chi connectivity index (χ3n) is 3.48. The molecule has 1 aliphatic carbocycles. The van der Waals surface area contributed by atoms with E-state index in [-0.39, 0.29) is 6.04 Å². The highest BCUT2D eigenvalue weighted by Gasteiger charge is 2.14. The lowest BCUT2D eigenvalue weighted by atomic mass is 9.90. The Morgan fingerprint density at radius 2 is 2.12 bits per heavy atom. The Balaban J connectivity index is 1.82. The maximum atomic E-state index is 5.77. The number of aromatic nitrogens is 1. The first-order chi connectivity index (χ1) is 8.25. The lowest BCUT2D eigenvalue weighted by Gasteiger charge is -2.21. The Kier molecular flexibility index (Phi) is 4.37. The van der Waals surface area contributed by atoms with Crippen molar-refractivity contribution in [2.45, 2.75) is 45.1 Å². The van der Waals surface area contributed by atoms with Crippen molar-refractivity contribution in [3.05, 3.63) is 23.9 Å². The molecule has 17 heavy (non-hydrogen) atoms. The molecule has 0 spiro atoms. The van der Waals surface area contributed by atoms with E-state index in [1.54, 1.807) is 6.20 Å². The van der Waals surface area contributed by atoms with Crippen molar-refractivity contribution < 1.29 is 4.74 Å². The van der Waals surface area contributed by atoms with Crippen LogP contribution in [0.5, 0.6) is 5.88 Å². The highest BCUT2D eigenvalue weighted by atomic mass is 16.5. The molecular formula is C14H22N2O. The second kappa shape index (κ2) is 6.01. The van der Waals surface area contributed by atoms with Gasteiger partial charge < -0.3 is 10.5 Å². The van der Waals surface area contributed by atoms with Crippen LogP contribution in [0.2, 0.25) is 0 Å². The average Bonchev–Trinajstić information content (AvgIpc) is 2.38. The number of ether oxygens (including phenoxy) is 1. The second-order valence-electron chi connectivity index (χ2n) is 5.03. The SMILES string of the molecule is C[C@H](N)c1ccc(OCC2CCCCC2)nc1. The second-order valence-corrected chi connectivity index (χ2v) is 5.03. The lowest BCUT2D eigenvalue weighted by Crippen LogP contribution is -2.15. The van der Waals surface area contributed by atoms with Crippen LogP contribution in [-0.2, 0) is 0 Å². The molecule has 1 heterocycles. The monoisotopic (exact) mass is 234 g/mol. The van der Waals surface area contributed by atoms with Crippen LogP contribution in [0, 0.1) is 5.92 Å². The van der Waals surface area contributed by atoms with E-state index in [1.807, 2.05) is 19.1 Å². The Hall–Kier alpha value is -1.09. The van der Waals surface area contributed by atoms with Crippen molar-refractivity contribution in [1.29, 1.82) is 0 Å². The van der Waals surface area contributed by atoms with E-state index in [1.165, 1.54) is 32.1 Å². The molecule has 1 saturated carbocycles. The van der Waals surface area contributed by atoms with Gasteiger partial charge in [0.05, 0.1) is 6.61 Å². The van der Waals surface area contributed by atoms with Crippen molar-refractivity contribution in [1.82, 2.24) is 4.98 Å². The van der Waals surface area contributed by atoms with Crippen LogP contribution in [0.4, 0.5) is 0 Å². The maximum Gasteiger partial charge on any atom is 0.213 e. The minimum absolute atomic E-state index is 0.0369. The molecule has 2 N–H and O–H groups in total. The van der Waals surface area contributed by atoms with Crippen LogP contribution in [0.25, 0.3) is 0 Å². The maximum absolute atomic E-state index is 5.77. The van der Waals surface area contributed by atoms with E-state index >= 15 is 0 Å². The third-order valence-corrected chi connectivity index (χ3v) is 3.48. The Morgan fingerprint density at radius 3 is 2.71 bits per heavy atom. The van der Waals surface area contributed by atoms with E-state index in [4.69, 9.17) is 10.5 Å². The van der Waals surface area contributed by atoms with Crippen molar-refractivity contribution in [3.8, 4) is 5.88 Å². The quantitative estimate of drug-likeness (QED) is 0.871. The fourth-order valence-electron chi connectivity index (χ4n) is 2.30. The van der Waals surface area contributed by atoms with Gasteiger partial charge in [-0.2, -0.15) is 0 Å². The molecule has 0 aromatic carbocycles. The van der Waals surface area contributed by atoms with Crippen LogP contribution in [0.3, 0.4) is 0 Å². The molecule has 0 bridgehead atoms. The molecule has 1 aromatic heterocycles. The molecule has 3 heteroatoms. The Labute approximate surface area is 103 Å². The molecule has 0 radical (unpaired) electrons. The molecule has 2 rings (SSSR count). The van der Waals surface area contributed by atoms with Crippen molar-refractivity contribution in [2.75, 3.05) is 6.61 Å². The van der Waals surface area contributed by atoms with Gasteiger partial charge in [0.1, 0.15) is 0 Å². The minimum Gasteiger partial charge on any atom is -0.477 e. The zero-order chi connectivity index (χ0) is 12.1. The van der Waals surface area contributed by atoms with Gasteiger partial charge in [-0.3, -0.25) is 0 Å². The van der Waals surface area contributed by atoms with Crippen molar-refractivity contribution >= 4 is 0 Å². The van der Waals surface area contributed by atoms with Gasteiger partial charge in [0.25, 0.3) is 0 Å². The normalized spacial score (nSPS) is 18.9. The summed E-state index contributed by atoms with van der Waals surface area (Å²) in [7, 11) is 0. The zero-order valence-corrected chi connectivity index (χ0v) is 10.6. The molecule has 0 saturated heterocycles. The highest BCUT2D eigenvalue weighted by Crippen LogP contribution is 2.24.